The van der Waals surface area contributed by atoms with Crippen LogP contribution in [0.3, 0.4) is 0 Å². The van der Waals surface area contributed by atoms with Crippen LogP contribution < -0.4 is 15.5 Å². The summed E-state index contributed by atoms with van der Waals surface area (Å²) in [6.07, 6.45) is 1.43. The van der Waals surface area contributed by atoms with Gasteiger partial charge in [-0.05, 0) is 67.1 Å². The summed E-state index contributed by atoms with van der Waals surface area (Å²) in [4.78, 5) is 36.0. The van der Waals surface area contributed by atoms with Crippen LogP contribution >= 0.6 is 11.6 Å². The summed E-state index contributed by atoms with van der Waals surface area (Å²) in [6.45, 7) is 1.72. The fraction of sp³-hybridized carbons (Fsp3) is 0.0833. The number of rotatable bonds is 7. The van der Waals surface area contributed by atoms with Crippen LogP contribution in [0.4, 0.5) is 0 Å². The van der Waals surface area contributed by atoms with Crippen molar-refractivity contribution in [3.8, 4) is 5.75 Å². The highest BCUT2D eigenvalue weighted by Gasteiger charge is 2.09. The van der Waals surface area contributed by atoms with Crippen LogP contribution in [0.15, 0.2) is 77.9 Å². The van der Waals surface area contributed by atoms with Gasteiger partial charge >= 0.3 is 5.97 Å². The zero-order valence-electron chi connectivity index (χ0n) is 17.2. The van der Waals surface area contributed by atoms with Crippen LogP contribution in [0.1, 0.15) is 31.8 Å². The number of carbonyl (C=O) groups excluding carboxylic acids is 3. The number of halogens is 1. The molecule has 0 saturated carbocycles. The van der Waals surface area contributed by atoms with Gasteiger partial charge in [-0.1, -0.05) is 35.4 Å². The highest BCUT2D eigenvalue weighted by atomic mass is 35.5. The molecule has 0 fully saturated rings. The van der Waals surface area contributed by atoms with Gasteiger partial charge in [0.2, 0.25) is 0 Å². The van der Waals surface area contributed by atoms with Crippen molar-refractivity contribution in [2.75, 3.05) is 6.54 Å². The Hall–Kier alpha value is -3.97. The molecule has 7 nitrogen and oxygen atoms in total. The summed E-state index contributed by atoms with van der Waals surface area (Å²) < 4.78 is 5.30. The van der Waals surface area contributed by atoms with Crippen LogP contribution in [0.25, 0.3) is 0 Å². The fourth-order valence-electron chi connectivity index (χ4n) is 2.59. The topological polar surface area (TPSA) is 96.9 Å². The second kappa shape index (κ2) is 10.9. The molecule has 2 amide bonds. The monoisotopic (exact) mass is 449 g/mol. The predicted octanol–water partition coefficient (Wildman–Crippen LogP) is 3.75. The van der Waals surface area contributed by atoms with Gasteiger partial charge in [-0.15, -0.1) is 0 Å². The molecule has 0 unspecified atom stereocenters. The third-order valence-electron chi connectivity index (χ3n) is 4.28. The van der Waals surface area contributed by atoms with Gasteiger partial charge in [-0.25, -0.2) is 10.2 Å². The van der Waals surface area contributed by atoms with Gasteiger partial charge < -0.3 is 10.1 Å². The van der Waals surface area contributed by atoms with E-state index in [1.165, 1.54) is 12.3 Å². The van der Waals surface area contributed by atoms with E-state index in [1.54, 1.807) is 54.6 Å². The van der Waals surface area contributed by atoms with Gasteiger partial charge in [0.1, 0.15) is 5.75 Å². The van der Waals surface area contributed by atoms with Gasteiger partial charge in [-0.3, -0.25) is 9.59 Å². The first-order chi connectivity index (χ1) is 15.4. The Morgan fingerprint density at radius 2 is 1.69 bits per heavy atom. The smallest absolute Gasteiger partial charge is 0.343 e. The molecule has 3 aromatic carbocycles. The first kappa shape index (κ1) is 22.7. The van der Waals surface area contributed by atoms with Crippen molar-refractivity contribution in [1.82, 2.24) is 10.7 Å². The molecule has 0 aliphatic heterocycles. The number of ether oxygens (including phenoxy) is 1. The summed E-state index contributed by atoms with van der Waals surface area (Å²) >= 11 is 5.88. The van der Waals surface area contributed by atoms with Gasteiger partial charge in [0, 0.05) is 10.6 Å². The van der Waals surface area contributed by atoms with E-state index >= 15 is 0 Å². The minimum atomic E-state index is -0.520. The summed E-state index contributed by atoms with van der Waals surface area (Å²) in [5.41, 5.74) is 4.88. The predicted molar refractivity (Wildman–Crippen MR) is 122 cm³/mol. The zero-order chi connectivity index (χ0) is 22.9. The maximum atomic E-state index is 12.1. The number of hydrazone groups is 1. The normalized spacial score (nSPS) is 10.6. The van der Waals surface area contributed by atoms with Crippen LogP contribution in [-0.4, -0.2) is 30.5 Å². The number of nitrogens with zero attached hydrogens (tertiary/aromatic N) is 1. The summed E-state index contributed by atoms with van der Waals surface area (Å²) in [6, 6.07) is 20.1. The van der Waals surface area contributed by atoms with Crippen molar-refractivity contribution >= 4 is 35.6 Å². The summed E-state index contributed by atoms with van der Waals surface area (Å²) in [7, 11) is 0. The van der Waals surface area contributed by atoms with E-state index in [9.17, 15) is 14.4 Å². The number of benzene rings is 3. The Morgan fingerprint density at radius 1 is 0.969 bits per heavy atom. The molecule has 0 saturated heterocycles. The van der Waals surface area contributed by atoms with Crippen molar-refractivity contribution in [1.29, 1.82) is 0 Å². The molecule has 2 N–H and O–H groups in total. The molecule has 0 aliphatic rings. The lowest BCUT2D eigenvalue weighted by molar-refractivity contribution is -0.120. The number of hydrogen-bond acceptors (Lipinski definition) is 5. The molecule has 3 aromatic rings. The minimum Gasteiger partial charge on any atom is -0.423 e. The molecular weight excluding hydrogens is 430 g/mol. The molecule has 0 spiro atoms. The van der Waals surface area contributed by atoms with Crippen molar-refractivity contribution in [3.63, 3.8) is 0 Å². The lowest BCUT2D eigenvalue weighted by Crippen LogP contribution is -2.34. The lowest BCUT2D eigenvalue weighted by atomic mass is 10.1. The van der Waals surface area contributed by atoms with Crippen molar-refractivity contribution in [2.24, 2.45) is 5.10 Å². The average Bonchev–Trinajstić information content (AvgIpc) is 2.79. The number of aryl methyl sites for hydroxylation is 1. The van der Waals surface area contributed by atoms with E-state index in [0.29, 0.717) is 27.5 Å². The molecule has 162 valence electrons. The Labute approximate surface area is 190 Å². The van der Waals surface area contributed by atoms with E-state index in [-0.39, 0.29) is 12.5 Å². The zero-order valence-corrected chi connectivity index (χ0v) is 17.9. The van der Waals surface area contributed by atoms with E-state index in [2.05, 4.69) is 15.8 Å². The van der Waals surface area contributed by atoms with Gasteiger partial charge in [0.05, 0.1) is 18.3 Å². The van der Waals surface area contributed by atoms with Gasteiger partial charge in [-0.2, -0.15) is 5.10 Å². The SMILES string of the molecule is Cc1ccc(C(=O)NCC(=O)N/N=C\c2ccc(OC(=O)c3cccc(Cl)c3)cc2)cc1. The standard InChI is InChI=1S/C24H20ClN3O4/c1-16-5-9-18(10-6-16)23(30)26-15-22(29)28-27-14-17-7-11-21(12-8-17)32-24(31)19-3-2-4-20(25)13-19/h2-14H,15H2,1H3,(H,26,30)(H,28,29)/b27-14-. The van der Waals surface area contributed by atoms with E-state index < -0.39 is 11.9 Å². The lowest BCUT2D eigenvalue weighted by Gasteiger charge is -2.05. The second-order valence-corrected chi connectivity index (χ2v) is 7.25. The van der Waals surface area contributed by atoms with Crippen LogP contribution in [0.5, 0.6) is 5.75 Å². The Bertz CT molecular complexity index is 1140. The van der Waals surface area contributed by atoms with E-state index in [1.807, 2.05) is 19.1 Å². The molecular formula is C24H20ClN3O4. The largest absolute Gasteiger partial charge is 0.423 e. The first-order valence-electron chi connectivity index (χ1n) is 9.65. The van der Waals surface area contributed by atoms with Crippen molar-refractivity contribution in [3.05, 3.63) is 100 Å². The number of hydrogen-bond donors (Lipinski definition) is 2. The summed E-state index contributed by atoms with van der Waals surface area (Å²) in [5, 5.41) is 6.83. The Kier molecular flexibility index (Phi) is 7.72. The highest BCUT2D eigenvalue weighted by Crippen LogP contribution is 2.16. The molecule has 0 bridgehead atoms. The van der Waals surface area contributed by atoms with Crippen LogP contribution in [0, 0.1) is 6.92 Å². The maximum Gasteiger partial charge on any atom is 0.343 e. The number of esters is 1. The molecule has 8 heteroatoms. The Balaban J connectivity index is 1.45. The quantitative estimate of drug-likeness (QED) is 0.248. The second-order valence-electron chi connectivity index (χ2n) is 6.81. The van der Waals surface area contributed by atoms with Crippen molar-refractivity contribution in [2.45, 2.75) is 6.92 Å². The molecule has 0 radical (unpaired) electrons. The third-order valence-corrected chi connectivity index (χ3v) is 4.51. The molecule has 32 heavy (non-hydrogen) atoms. The fourth-order valence-corrected chi connectivity index (χ4v) is 2.78. The van der Waals surface area contributed by atoms with Crippen molar-refractivity contribution < 1.29 is 19.1 Å². The highest BCUT2D eigenvalue weighted by molar-refractivity contribution is 6.30. The van der Waals surface area contributed by atoms with E-state index in [0.717, 1.165) is 5.56 Å². The van der Waals surface area contributed by atoms with Gasteiger partial charge in [0.25, 0.3) is 11.8 Å². The maximum absolute atomic E-state index is 12.1. The number of carbonyl (C=O) groups is 3. The molecule has 3 rings (SSSR count). The number of nitrogens with one attached hydrogen (secondary N) is 2. The molecule has 0 aromatic heterocycles. The first-order valence-corrected chi connectivity index (χ1v) is 10.0. The molecule has 0 atom stereocenters. The molecule has 0 aliphatic carbocycles. The van der Waals surface area contributed by atoms with Crippen LogP contribution in [-0.2, 0) is 4.79 Å². The molecule has 0 heterocycles. The minimum absolute atomic E-state index is 0.206. The Morgan fingerprint density at radius 3 is 2.38 bits per heavy atom. The van der Waals surface area contributed by atoms with E-state index in [4.69, 9.17) is 16.3 Å². The average molecular weight is 450 g/mol. The van der Waals surface area contributed by atoms with Crippen LogP contribution in [0.2, 0.25) is 5.02 Å². The number of amides is 2. The third kappa shape index (κ3) is 6.78. The summed E-state index contributed by atoms with van der Waals surface area (Å²) in [5.74, 6) is -0.968. The van der Waals surface area contributed by atoms with Gasteiger partial charge in [0.15, 0.2) is 0 Å².